The Hall–Kier alpha value is -2.19. The summed E-state index contributed by atoms with van der Waals surface area (Å²) in [5.74, 6) is -0.256. The molecule has 0 spiro atoms. The Labute approximate surface area is 208 Å². The largest absolute Gasteiger partial charge is 0.308 e. The van der Waals surface area contributed by atoms with Crippen molar-refractivity contribution in [2.75, 3.05) is 11.4 Å². The lowest BCUT2D eigenvalue weighted by atomic mass is 10.1. The maximum Gasteiger partial charge on any atom is 0.243 e. The van der Waals surface area contributed by atoms with Crippen molar-refractivity contribution < 1.29 is 13.2 Å². The SMILES string of the molecule is Cc1cccc(CN(CC(=O)N2c3ccc(Br)cc3CC2C)S(=O)(=O)c2ccc(Cl)cc2)c1. The van der Waals surface area contributed by atoms with Gasteiger partial charge in [-0.1, -0.05) is 57.4 Å². The second-order valence-electron chi connectivity index (χ2n) is 8.31. The molecule has 0 fully saturated rings. The molecule has 1 heterocycles. The molecule has 0 saturated heterocycles. The van der Waals surface area contributed by atoms with Crippen LogP contribution in [0.2, 0.25) is 5.02 Å². The number of anilines is 1. The number of aryl methyl sites for hydroxylation is 1. The standard InChI is InChI=1S/C25H24BrClN2O3S/c1-17-4-3-5-19(12-17)15-28(33(31,32)23-9-7-22(27)8-10-23)16-25(30)29-18(2)13-20-14-21(26)6-11-24(20)29/h3-12,14,18H,13,15-16H2,1-2H3. The van der Waals surface area contributed by atoms with Gasteiger partial charge in [0.05, 0.1) is 11.4 Å². The van der Waals surface area contributed by atoms with Gasteiger partial charge in [-0.2, -0.15) is 4.31 Å². The van der Waals surface area contributed by atoms with Crippen LogP contribution in [0.15, 0.2) is 76.1 Å². The van der Waals surface area contributed by atoms with E-state index in [0.717, 1.165) is 33.3 Å². The number of nitrogens with zero attached hydrogens (tertiary/aromatic N) is 2. The van der Waals surface area contributed by atoms with Gasteiger partial charge in [-0.15, -0.1) is 0 Å². The van der Waals surface area contributed by atoms with E-state index in [1.807, 2.05) is 56.3 Å². The van der Waals surface area contributed by atoms with Gasteiger partial charge in [0.1, 0.15) is 0 Å². The van der Waals surface area contributed by atoms with Crippen molar-refractivity contribution in [2.45, 2.75) is 37.8 Å². The van der Waals surface area contributed by atoms with Crippen LogP contribution < -0.4 is 4.90 Å². The van der Waals surface area contributed by atoms with E-state index in [9.17, 15) is 13.2 Å². The molecule has 0 N–H and O–H groups in total. The van der Waals surface area contributed by atoms with Gasteiger partial charge in [-0.05, 0) is 73.9 Å². The number of carbonyl (C=O) groups is 1. The van der Waals surface area contributed by atoms with Gasteiger partial charge in [0.2, 0.25) is 15.9 Å². The number of fused-ring (bicyclic) bond motifs is 1. The molecule has 1 unspecified atom stereocenters. The summed E-state index contributed by atoms with van der Waals surface area (Å²) in [6, 6.07) is 19.4. The molecular formula is C25H24BrClN2O3S. The zero-order valence-electron chi connectivity index (χ0n) is 18.3. The van der Waals surface area contributed by atoms with Gasteiger partial charge in [0.15, 0.2) is 0 Å². The summed E-state index contributed by atoms with van der Waals surface area (Å²) < 4.78 is 29.3. The molecular weight excluding hydrogens is 524 g/mol. The number of hydrogen-bond donors (Lipinski definition) is 0. The fourth-order valence-corrected chi connectivity index (χ4v) is 6.11. The average molecular weight is 548 g/mol. The number of hydrogen-bond acceptors (Lipinski definition) is 3. The zero-order chi connectivity index (χ0) is 23.8. The van der Waals surface area contributed by atoms with E-state index >= 15 is 0 Å². The summed E-state index contributed by atoms with van der Waals surface area (Å²) in [6.45, 7) is 3.75. The molecule has 0 saturated carbocycles. The third-order valence-corrected chi connectivity index (χ3v) is 8.28. The van der Waals surface area contributed by atoms with Crippen molar-refractivity contribution in [3.63, 3.8) is 0 Å². The number of halogens is 2. The highest BCUT2D eigenvalue weighted by Crippen LogP contribution is 2.34. The van der Waals surface area contributed by atoms with Gasteiger partial charge < -0.3 is 4.90 Å². The molecule has 4 rings (SSSR count). The second-order valence-corrected chi connectivity index (χ2v) is 11.6. The normalized spacial score (nSPS) is 15.7. The molecule has 1 aliphatic heterocycles. The molecule has 5 nitrogen and oxygen atoms in total. The Morgan fingerprint density at radius 1 is 1.12 bits per heavy atom. The van der Waals surface area contributed by atoms with Crippen molar-refractivity contribution in [1.82, 2.24) is 4.31 Å². The molecule has 0 radical (unpaired) electrons. The van der Waals surface area contributed by atoms with Gasteiger partial charge in [-0.3, -0.25) is 4.79 Å². The Kier molecular flexibility index (Phi) is 6.96. The summed E-state index contributed by atoms with van der Waals surface area (Å²) in [4.78, 5) is 15.3. The molecule has 33 heavy (non-hydrogen) atoms. The summed E-state index contributed by atoms with van der Waals surface area (Å²) >= 11 is 9.44. The molecule has 1 amide bonds. The second kappa shape index (κ2) is 9.58. The molecule has 1 atom stereocenters. The van der Waals surface area contributed by atoms with E-state index in [-0.39, 0.29) is 29.9 Å². The highest BCUT2D eigenvalue weighted by molar-refractivity contribution is 9.10. The molecule has 0 aromatic heterocycles. The first kappa shape index (κ1) is 24.0. The van der Waals surface area contributed by atoms with E-state index in [1.54, 1.807) is 4.90 Å². The van der Waals surface area contributed by atoms with Crippen LogP contribution in [-0.4, -0.2) is 31.2 Å². The highest BCUT2D eigenvalue weighted by atomic mass is 79.9. The summed E-state index contributed by atoms with van der Waals surface area (Å²) in [5, 5.41) is 0.448. The van der Waals surface area contributed by atoms with E-state index in [0.29, 0.717) is 5.02 Å². The number of rotatable bonds is 6. The molecule has 0 aliphatic carbocycles. The van der Waals surface area contributed by atoms with Crippen LogP contribution in [-0.2, 0) is 27.8 Å². The average Bonchev–Trinajstić information content (AvgIpc) is 3.08. The van der Waals surface area contributed by atoms with Crippen LogP contribution in [0.1, 0.15) is 23.6 Å². The van der Waals surface area contributed by atoms with E-state index in [2.05, 4.69) is 15.9 Å². The Balaban J connectivity index is 1.68. The van der Waals surface area contributed by atoms with Gasteiger partial charge >= 0.3 is 0 Å². The lowest BCUT2D eigenvalue weighted by Gasteiger charge is -2.28. The van der Waals surface area contributed by atoms with Gasteiger partial charge in [0, 0.05) is 27.8 Å². The van der Waals surface area contributed by atoms with Crippen molar-refractivity contribution in [2.24, 2.45) is 0 Å². The Bertz CT molecular complexity index is 1300. The van der Waals surface area contributed by atoms with E-state index < -0.39 is 10.0 Å². The first-order valence-corrected chi connectivity index (χ1v) is 13.2. The quantitative estimate of drug-likeness (QED) is 0.405. The molecule has 0 bridgehead atoms. The summed E-state index contributed by atoms with van der Waals surface area (Å²) in [6.07, 6.45) is 0.725. The van der Waals surface area contributed by atoms with Crippen LogP contribution in [0, 0.1) is 6.92 Å². The number of benzene rings is 3. The van der Waals surface area contributed by atoms with Crippen molar-refractivity contribution in [1.29, 1.82) is 0 Å². The highest BCUT2D eigenvalue weighted by Gasteiger charge is 2.34. The minimum Gasteiger partial charge on any atom is -0.308 e. The van der Waals surface area contributed by atoms with Crippen molar-refractivity contribution in [3.8, 4) is 0 Å². The molecule has 8 heteroatoms. The zero-order valence-corrected chi connectivity index (χ0v) is 21.5. The summed E-state index contributed by atoms with van der Waals surface area (Å²) in [5.41, 5.74) is 3.74. The van der Waals surface area contributed by atoms with E-state index in [1.165, 1.54) is 28.6 Å². The molecule has 3 aromatic carbocycles. The minimum absolute atomic E-state index is 0.0548. The van der Waals surface area contributed by atoms with Crippen LogP contribution in [0.4, 0.5) is 5.69 Å². The van der Waals surface area contributed by atoms with Crippen LogP contribution >= 0.6 is 27.5 Å². The Morgan fingerprint density at radius 2 is 1.85 bits per heavy atom. The predicted octanol–water partition coefficient (Wildman–Crippen LogP) is 5.58. The molecule has 1 aliphatic rings. The fraction of sp³-hybridized carbons (Fsp3) is 0.240. The van der Waals surface area contributed by atoms with Crippen molar-refractivity contribution >= 4 is 49.1 Å². The number of amides is 1. The molecule has 3 aromatic rings. The smallest absolute Gasteiger partial charge is 0.243 e. The van der Waals surface area contributed by atoms with Crippen LogP contribution in [0.25, 0.3) is 0 Å². The summed E-state index contributed by atoms with van der Waals surface area (Å²) in [7, 11) is -3.94. The first-order chi connectivity index (χ1) is 15.6. The van der Waals surface area contributed by atoms with Crippen molar-refractivity contribution in [3.05, 3.63) is 92.9 Å². The number of carbonyl (C=O) groups excluding carboxylic acids is 1. The predicted molar refractivity (Wildman–Crippen MR) is 135 cm³/mol. The van der Waals surface area contributed by atoms with Gasteiger partial charge in [-0.25, -0.2) is 8.42 Å². The number of sulfonamides is 1. The van der Waals surface area contributed by atoms with Crippen LogP contribution in [0.3, 0.4) is 0 Å². The third kappa shape index (κ3) is 5.17. The lowest BCUT2D eigenvalue weighted by molar-refractivity contribution is -0.119. The monoisotopic (exact) mass is 546 g/mol. The Morgan fingerprint density at radius 3 is 2.55 bits per heavy atom. The molecule has 172 valence electrons. The maximum absolute atomic E-state index is 13.6. The fourth-order valence-electron chi connectivity index (χ4n) is 4.20. The third-order valence-electron chi connectivity index (χ3n) is 5.73. The van der Waals surface area contributed by atoms with Gasteiger partial charge in [0.25, 0.3) is 0 Å². The minimum atomic E-state index is -3.94. The maximum atomic E-state index is 13.6. The topological polar surface area (TPSA) is 57.7 Å². The van der Waals surface area contributed by atoms with Crippen LogP contribution in [0.5, 0.6) is 0 Å². The van der Waals surface area contributed by atoms with E-state index in [4.69, 9.17) is 11.6 Å². The lowest BCUT2D eigenvalue weighted by Crippen LogP contribution is -2.44. The first-order valence-electron chi connectivity index (χ1n) is 10.6.